The molecule has 118 valence electrons. The Labute approximate surface area is 128 Å². The topological polar surface area (TPSA) is 76.2 Å². The summed E-state index contributed by atoms with van der Waals surface area (Å²) in [7, 11) is -2.86. The lowest BCUT2D eigenvalue weighted by atomic mass is 9.90. The Morgan fingerprint density at radius 2 is 2.10 bits per heavy atom. The van der Waals surface area contributed by atoms with Crippen molar-refractivity contribution in [3.63, 3.8) is 0 Å². The van der Waals surface area contributed by atoms with Crippen molar-refractivity contribution in [3.05, 3.63) is 24.3 Å². The molecule has 1 saturated carbocycles. The van der Waals surface area contributed by atoms with Crippen LogP contribution in [-0.4, -0.2) is 22.6 Å². The number of ether oxygens (including phenoxy) is 1. The third-order valence-corrected chi connectivity index (χ3v) is 6.54. The van der Waals surface area contributed by atoms with Crippen molar-refractivity contribution in [2.45, 2.75) is 49.2 Å². The van der Waals surface area contributed by atoms with Gasteiger partial charge >= 0.3 is 0 Å². The summed E-state index contributed by atoms with van der Waals surface area (Å²) in [6, 6.07) is 7.15. The van der Waals surface area contributed by atoms with Crippen LogP contribution in [0.3, 0.4) is 0 Å². The average Bonchev–Trinajstić information content (AvgIpc) is 2.53. The van der Waals surface area contributed by atoms with Gasteiger partial charge in [-0.15, -0.1) is 0 Å². The third kappa shape index (κ3) is 4.20. The van der Waals surface area contributed by atoms with E-state index in [0.29, 0.717) is 16.6 Å². The Kier molecular flexibility index (Phi) is 5.65. The van der Waals surface area contributed by atoms with Crippen LogP contribution in [0, 0.1) is 10.7 Å². The molecule has 0 radical (unpaired) electrons. The molecule has 3 N–H and O–H groups in total. The molecule has 1 aliphatic carbocycles. The highest BCUT2D eigenvalue weighted by molar-refractivity contribution is 7.93. The van der Waals surface area contributed by atoms with E-state index in [2.05, 4.69) is 0 Å². The van der Waals surface area contributed by atoms with E-state index in [1.165, 1.54) is 32.1 Å². The SMILES string of the molecule is CC(CN)S(=N)(=O)c1cccc(OCC2CCCCC2)c1. The van der Waals surface area contributed by atoms with Gasteiger partial charge in [-0.3, -0.25) is 0 Å². The largest absolute Gasteiger partial charge is 0.493 e. The lowest BCUT2D eigenvalue weighted by Crippen LogP contribution is -2.25. The van der Waals surface area contributed by atoms with Crippen LogP contribution < -0.4 is 10.5 Å². The minimum atomic E-state index is -2.86. The molecule has 2 unspecified atom stereocenters. The zero-order chi connectivity index (χ0) is 15.3. The van der Waals surface area contributed by atoms with Crippen molar-refractivity contribution < 1.29 is 8.95 Å². The Hall–Kier alpha value is -1.07. The summed E-state index contributed by atoms with van der Waals surface area (Å²) in [4.78, 5) is 0.515. The number of nitrogens with two attached hydrogens (primary N) is 1. The van der Waals surface area contributed by atoms with E-state index in [-0.39, 0.29) is 11.8 Å². The molecule has 2 rings (SSSR count). The second kappa shape index (κ2) is 7.27. The Morgan fingerprint density at radius 3 is 2.76 bits per heavy atom. The molecule has 5 heteroatoms. The van der Waals surface area contributed by atoms with E-state index in [9.17, 15) is 4.21 Å². The standard InChI is InChI=1S/C16H26N2O2S/c1-13(11-17)21(18,19)16-9-5-8-15(10-16)20-12-14-6-3-2-4-7-14/h5,8-10,13-14,18H,2-4,6-7,11-12,17H2,1H3. The lowest BCUT2D eigenvalue weighted by molar-refractivity contribution is 0.208. The molecule has 21 heavy (non-hydrogen) atoms. The van der Waals surface area contributed by atoms with Gasteiger partial charge in [-0.25, -0.2) is 8.99 Å². The predicted octanol–water partition coefficient (Wildman–Crippen LogP) is 3.40. The number of rotatable bonds is 6. The van der Waals surface area contributed by atoms with Crippen LogP contribution in [0.2, 0.25) is 0 Å². The summed E-state index contributed by atoms with van der Waals surface area (Å²) in [5.41, 5.74) is 5.56. The predicted molar refractivity (Wildman–Crippen MR) is 86.2 cm³/mol. The molecule has 0 saturated heterocycles. The van der Waals surface area contributed by atoms with Gasteiger partial charge in [0.25, 0.3) is 0 Å². The molecular formula is C16H26N2O2S. The zero-order valence-corrected chi connectivity index (χ0v) is 13.5. The van der Waals surface area contributed by atoms with Gasteiger partial charge < -0.3 is 10.5 Å². The fraction of sp³-hybridized carbons (Fsp3) is 0.625. The van der Waals surface area contributed by atoms with E-state index in [1.807, 2.05) is 12.1 Å². The van der Waals surface area contributed by atoms with E-state index >= 15 is 0 Å². The molecule has 4 nitrogen and oxygen atoms in total. The highest BCUT2D eigenvalue weighted by Gasteiger charge is 2.19. The van der Waals surface area contributed by atoms with Gasteiger partial charge in [0.15, 0.2) is 0 Å². The zero-order valence-electron chi connectivity index (χ0n) is 12.7. The second-order valence-corrected chi connectivity index (χ2v) is 8.41. The molecule has 1 aromatic rings. The van der Waals surface area contributed by atoms with Gasteiger partial charge in [-0.05, 0) is 43.9 Å². The van der Waals surface area contributed by atoms with Crippen LogP contribution in [0.15, 0.2) is 29.2 Å². The van der Waals surface area contributed by atoms with Gasteiger partial charge in [0, 0.05) is 6.54 Å². The van der Waals surface area contributed by atoms with Crippen LogP contribution in [0.1, 0.15) is 39.0 Å². The Balaban J connectivity index is 2.03. The number of hydrogen-bond donors (Lipinski definition) is 2. The first-order valence-corrected chi connectivity index (χ1v) is 9.36. The maximum Gasteiger partial charge on any atom is 0.120 e. The van der Waals surface area contributed by atoms with Crippen LogP contribution >= 0.6 is 0 Å². The highest BCUT2D eigenvalue weighted by atomic mass is 32.2. The normalized spacial score (nSPS) is 20.7. The van der Waals surface area contributed by atoms with Crippen molar-refractivity contribution in [2.24, 2.45) is 11.7 Å². The van der Waals surface area contributed by atoms with Crippen molar-refractivity contribution in [1.29, 1.82) is 4.78 Å². The summed E-state index contributed by atoms with van der Waals surface area (Å²) in [6.07, 6.45) is 6.40. The van der Waals surface area contributed by atoms with Gasteiger partial charge in [-0.1, -0.05) is 25.3 Å². The third-order valence-electron chi connectivity index (χ3n) is 4.26. The highest BCUT2D eigenvalue weighted by Crippen LogP contribution is 2.26. The van der Waals surface area contributed by atoms with E-state index in [1.54, 1.807) is 19.1 Å². The smallest absolute Gasteiger partial charge is 0.120 e. The van der Waals surface area contributed by atoms with Gasteiger partial charge in [0.2, 0.25) is 0 Å². The molecule has 1 aromatic carbocycles. The monoisotopic (exact) mass is 310 g/mol. The quantitative estimate of drug-likeness (QED) is 0.845. The molecular weight excluding hydrogens is 284 g/mol. The first-order valence-electron chi connectivity index (χ1n) is 7.74. The molecule has 0 heterocycles. The fourth-order valence-corrected chi connectivity index (χ4v) is 4.00. The minimum absolute atomic E-state index is 0.246. The summed E-state index contributed by atoms with van der Waals surface area (Å²) in [5, 5.41) is -0.355. The molecule has 1 fully saturated rings. The van der Waals surface area contributed by atoms with Crippen LogP contribution in [0.5, 0.6) is 5.75 Å². The first-order chi connectivity index (χ1) is 10.0. The molecule has 0 aromatic heterocycles. The molecule has 2 atom stereocenters. The molecule has 1 aliphatic rings. The number of nitrogens with one attached hydrogen (secondary N) is 1. The maximum atomic E-state index is 12.5. The molecule has 0 bridgehead atoms. The maximum absolute atomic E-state index is 12.5. The van der Waals surface area contributed by atoms with Crippen molar-refractivity contribution in [2.75, 3.05) is 13.2 Å². The lowest BCUT2D eigenvalue weighted by Gasteiger charge is -2.22. The van der Waals surface area contributed by atoms with Gasteiger partial charge in [-0.2, -0.15) is 0 Å². The minimum Gasteiger partial charge on any atom is -0.493 e. The fourth-order valence-electron chi connectivity index (χ4n) is 2.69. The first kappa shape index (κ1) is 16.3. The Bertz CT molecular complexity index is 551. The Morgan fingerprint density at radius 1 is 1.38 bits per heavy atom. The van der Waals surface area contributed by atoms with Crippen molar-refractivity contribution in [3.8, 4) is 5.75 Å². The van der Waals surface area contributed by atoms with E-state index in [0.717, 1.165) is 6.61 Å². The van der Waals surface area contributed by atoms with E-state index < -0.39 is 9.73 Å². The van der Waals surface area contributed by atoms with Gasteiger partial charge in [0.1, 0.15) is 5.75 Å². The number of hydrogen-bond acceptors (Lipinski definition) is 4. The summed E-state index contributed by atoms with van der Waals surface area (Å²) < 4.78 is 26.5. The van der Waals surface area contributed by atoms with E-state index in [4.69, 9.17) is 15.3 Å². The summed E-state index contributed by atoms with van der Waals surface area (Å²) in [5.74, 6) is 1.34. The molecule has 0 aliphatic heterocycles. The summed E-state index contributed by atoms with van der Waals surface area (Å²) in [6.45, 7) is 2.72. The molecule has 0 amide bonds. The van der Waals surface area contributed by atoms with Gasteiger partial charge in [0.05, 0.1) is 26.5 Å². The van der Waals surface area contributed by atoms with Crippen LogP contribution in [0.25, 0.3) is 0 Å². The van der Waals surface area contributed by atoms with Crippen molar-refractivity contribution >= 4 is 9.73 Å². The average molecular weight is 310 g/mol. The van der Waals surface area contributed by atoms with Crippen molar-refractivity contribution in [1.82, 2.24) is 0 Å². The van der Waals surface area contributed by atoms with Crippen LogP contribution in [-0.2, 0) is 9.73 Å². The van der Waals surface area contributed by atoms with Crippen LogP contribution in [0.4, 0.5) is 0 Å². The second-order valence-electron chi connectivity index (χ2n) is 5.94. The number of benzene rings is 1. The molecule has 0 spiro atoms. The summed E-state index contributed by atoms with van der Waals surface area (Å²) >= 11 is 0.